The summed E-state index contributed by atoms with van der Waals surface area (Å²) in [5, 5.41) is 9.18. The molecule has 3 rings (SSSR count). The van der Waals surface area contributed by atoms with Crippen LogP contribution in [0.5, 0.6) is 0 Å². The van der Waals surface area contributed by atoms with Crippen LogP contribution in [0, 0.1) is 6.92 Å². The second-order valence-electron chi connectivity index (χ2n) is 6.77. The average molecular weight is 563 g/mol. The lowest BCUT2D eigenvalue weighted by molar-refractivity contribution is 0.198. The van der Waals surface area contributed by atoms with E-state index in [9.17, 15) is 0 Å². The van der Waals surface area contributed by atoms with E-state index in [1.807, 2.05) is 7.05 Å². The number of likely N-dealkylation sites (tertiary alicyclic amines) is 1. The third kappa shape index (κ3) is 7.03. The van der Waals surface area contributed by atoms with Crippen molar-refractivity contribution in [1.82, 2.24) is 15.5 Å². The molecule has 2 heterocycles. The predicted molar refractivity (Wildman–Crippen MR) is 130 cm³/mol. The molecule has 0 aliphatic carbocycles. The van der Waals surface area contributed by atoms with Crippen molar-refractivity contribution in [3.63, 3.8) is 0 Å². The van der Waals surface area contributed by atoms with Gasteiger partial charge in [-0.15, -0.1) is 35.3 Å². The van der Waals surface area contributed by atoms with Crippen LogP contribution in [0.4, 0.5) is 0 Å². The Morgan fingerprint density at radius 3 is 2.52 bits per heavy atom. The van der Waals surface area contributed by atoms with Crippen LogP contribution in [0.25, 0.3) is 0 Å². The number of rotatable bonds is 5. The molecular weight excluding hydrogens is 535 g/mol. The summed E-state index contributed by atoms with van der Waals surface area (Å²) in [5.74, 6) is 0.907. The number of hydrogen-bond acceptors (Lipinski definition) is 3. The Kier molecular flexibility index (Phi) is 9.55. The second-order valence-corrected chi connectivity index (χ2v) is 8.69. The van der Waals surface area contributed by atoms with Crippen molar-refractivity contribution in [1.29, 1.82) is 0 Å². The molecule has 1 saturated heterocycles. The monoisotopic (exact) mass is 562 g/mol. The zero-order valence-electron chi connectivity index (χ0n) is 15.9. The highest BCUT2D eigenvalue weighted by Crippen LogP contribution is 2.17. The highest BCUT2D eigenvalue weighted by atomic mass is 127. The van der Waals surface area contributed by atoms with Crippen LogP contribution in [0.15, 0.2) is 45.2 Å². The van der Waals surface area contributed by atoms with E-state index < -0.39 is 0 Å². The predicted octanol–water partition coefficient (Wildman–Crippen LogP) is 4.77. The third-order valence-electron chi connectivity index (χ3n) is 4.86. The maximum absolute atomic E-state index is 4.39. The van der Waals surface area contributed by atoms with Gasteiger partial charge in [-0.2, -0.15) is 0 Å². The van der Waals surface area contributed by atoms with Crippen LogP contribution in [0.3, 0.4) is 0 Å². The molecular formula is C20H28BrIN4S. The molecule has 2 aromatic rings. The lowest BCUT2D eigenvalue weighted by Crippen LogP contribution is -2.48. The Morgan fingerprint density at radius 2 is 1.93 bits per heavy atom. The highest BCUT2D eigenvalue weighted by Gasteiger charge is 2.20. The summed E-state index contributed by atoms with van der Waals surface area (Å²) in [5.41, 5.74) is 2.72. The first kappa shape index (κ1) is 22.6. The summed E-state index contributed by atoms with van der Waals surface area (Å²) >= 11 is 5.29. The molecule has 1 aromatic carbocycles. The molecule has 0 spiro atoms. The van der Waals surface area contributed by atoms with Crippen LogP contribution in [0.2, 0.25) is 0 Å². The van der Waals surface area contributed by atoms with Gasteiger partial charge >= 0.3 is 0 Å². The van der Waals surface area contributed by atoms with Crippen LogP contribution in [0.1, 0.15) is 28.8 Å². The largest absolute Gasteiger partial charge is 0.354 e. The number of halogens is 2. The number of piperidine rings is 1. The molecule has 1 aliphatic heterocycles. The van der Waals surface area contributed by atoms with Crippen LogP contribution >= 0.6 is 51.2 Å². The molecule has 4 nitrogen and oxygen atoms in total. The van der Waals surface area contributed by atoms with Gasteiger partial charge in [0.15, 0.2) is 5.96 Å². The molecule has 0 bridgehead atoms. The van der Waals surface area contributed by atoms with Crippen molar-refractivity contribution < 1.29 is 0 Å². The lowest BCUT2D eigenvalue weighted by atomic mass is 10.0. The van der Waals surface area contributed by atoms with Crippen molar-refractivity contribution in [2.75, 3.05) is 20.1 Å². The fourth-order valence-corrected chi connectivity index (χ4v) is 4.33. The summed E-state index contributed by atoms with van der Waals surface area (Å²) in [7, 11) is 1.85. The van der Waals surface area contributed by atoms with E-state index in [2.05, 4.69) is 79.1 Å². The van der Waals surface area contributed by atoms with Gasteiger partial charge in [-0.1, -0.05) is 28.1 Å². The molecule has 0 atom stereocenters. The number of hydrogen-bond donors (Lipinski definition) is 2. The summed E-state index contributed by atoms with van der Waals surface area (Å²) in [6.07, 6.45) is 2.30. The summed E-state index contributed by atoms with van der Waals surface area (Å²) < 4.78 is 1.14. The molecule has 7 heteroatoms. The van der Waals surface area contributed by atoms with E-state index in [0.29, 0.717) is 6.04 Å². The van der Waals surface area contributed by atoms with Crippen molar-refractivity contribution in [2.45, 2.75) is 38.9 Å². The number of aliphatic imine (C=N–C) groups is 1. The molecule has 1 aromatic heterocycles. The highest BCUT2D eigenvalue weighted by molar-refractivity contribution is 14.0. The summed E-state index contributed by atoms with van der Waals surface area (Å²) in [4.78, 5) is 8.29. The molecule has 0 unspecified atom stereocenters. The summed E-state index contributed by atoms with van der Waals surface area (Å²) in [6.45, 7) is 6.27. The van der Waals surface area contributed by atoms with Gasteiger partial charge in [0.1, 0.15) is 0 Å². The molecule has 0 radical (unpaired) electrons. The molecule has 2 N–H and O–H groups in total. The van der Waals surface area contributed by atoms with E-state index in [1.165, 1.54) is 16.0 Å². The Morgan fingerprint density at radius 1 is 1.22 bits per heavy atom. The second kappa shape index (κ2) is 11.4. The van der Waals surface area contributed by atoms with Gasteiger partial charge in [-0.25, -0.2) is 0 Å². The molecule has 0 saturated carbocycles. The van der Waals surface area contributed by atoms with Gasteiger partial charge in [0, 0.05) is 42.1 Å². The smallest absolute Gasteiger partial charge is 0.191 e. The number of nitrogens with zero attached hydrogens (tertiary/aromatic N) is 2. The quantitative estimate of drug-likeness (QED) is 0.313. The van der Waals surface area contributed by atoms with E-state index in [4.69, 9.17) is 0 Å². The number of nitrogens with one attached hydrogen (secondary N) is 2. The molecule has 1 aliphatic rings. The third-order valence-corrected chi connectivity index (χ3v) is 6.41. The molecule has 1 fully saturated rings. The Bertz CT molecular complexity index is 724. The topological polar surface area (TPSA) is 39.7 Å². The van der Waals surface area contributed by atoms with Gasteiger partial charge in [0.2, 0.25) is 0 Å². The maximum Gasteiger partial charge on any atom is 0.191 e. The number of benzene rings is 1. The van der Waals surface area contributed by atoms with Crippen molar-refractivity contribution in [3.8, 4) is 0 Å². The van der Waals surface area contributed by atoms with Crippen molar-refractivity contribution in [2.24, 2.45) is 4.99 Å². The van der Waals surface area contributed by atoms with Crippen molar-refractivity contribution in [3.05, 3.63) is 56.2 Å². The minimum Gasteiger partial charge on any atom is -0.354 e. The van der Waals surface area contributed by atoms with Crippen LogP contribution in [-0.2, 0) is 13.1 Å². The van der Waals surface area contributed by atoms with E-state index in [-0.39, 0.29) is 24.0 Å². The van der Waals surface area contributed by atoms with Crippen LogP contribution in [-0.4, -0.2) is 37.0 Å². The number of thiophene rings is 1. The number of aryl methyl sites for hydroxylation is 1. The standard InChI is InChI=1S/C20H27BrN4S.HI/c1-15-9-12-26-19(15)13-23-20(22-2)24-18-7-10-25(11-8-18)14-16-3-5-17(21)6-4-16;/h3-6,9,12,18H,7-8,10-11,13-14H2,1-2H3,(H2,22,23,24);1H. The molecule has 0 amide bonds. The Labute approximate surface area is 192 Å². The average Bonchev–Trinajstić information content (AvgIpc) is 3.07. The normalized spacial score (nSPS) is 16.0. The first-order valence-electron chi connectivity index (χ1n) is 9.11. The maximum atomic E-state index is 4.39. The van der Waals surface area contributed by atoms with E-state index in [1.54, 1.807) is 11.3 Å². The Balaban J connectivity index is 0.00000261. The fraction of sp³-hybridized carbons (Fsp3) is 0.450. The van der Waals surface area contributed by atoms with Gasteiger partial charge < -0.3 is 10.6 Å². The SMILES string of the molecule is CN=C(NCc1sccc1C)NC1CCN(Cc2ccc(Br)cc2)CC1.I. The summed E-state index contributed by atoms with van der Waals surface area (Å²) in [6, 6.07) is 11.3. The molecule has 148 valence electrons. The van der Waals surface area contributed by atoms with Gasteiger partial charge in [0.25, 0.3) is 0 Å². The van der Waals surface area contributed by atoms with Gasteiger partial charge in [0.05, 0.1) is 6.54 Å². The Hall–Kier alpha value is -0.640. The lowest BCUT2D eigenvalue weighted by Gasteiger charge is -2.33. The van der Waals surface area contributed by atoms with E-state index in [0.717, 1.165) is 49.5 Å². The first-order chi connectivity index (χ1) is 12.6. The number of guanidine groups is 1. The zero-order chi connectivity index (χ0) is 18.4. The van der Waals surface area contributed by atoms with Crippen LogP contribution < -0.4 is 10.6 Å². The van der Waals surface area contributed by atoms with Crippen molar-refractivity contribution >= 4 is 57.2 Å². The fourth-order valence-electron chi connectivity index (χ4n) is 3.22. The van der Waals surface area contributed by atoms with Gasteiger partial charge in [-0.05, 0) is 54.5 Å². The zero-order valence-corrected chi connectivity index (χ0v) is 20.6. The van der Waals surface area contributed by atoms with E-state index >= 15 is 0 Å². The molecule has 27 heavy (non-hydrogen) atoms. The minimum atomic E-state index is 0. The first-order valence-corrected chi connectivity index (χ1v) is 10.8. The van der Waals surface area contributed by atoms with Gasteiger partial charge in [-0.3, -0.25) is 9.89 Å². The minimum absolute atomic E-state index is 0.